The Labute approximate surface area is 431 Å². The molecule has 0 N–H and O–H groups in total. The lowest BCUT2D eigenvalue weighted by Gasteiger charge is -2.13. The monoisotopic (exact) mass is 960 g/mol. The molecule has 352 valence electrons. The standard InChI is InChI=1S/C69H44N4O2/c1-3-43(39-54-42(2)72(49-24-11-6-12-25-49)57-29-17-15-27-51(54)57)47-32-35-58-55(40-47)63-50-26-14-13-21-45(50)31-36-59(63)73(58)60-37-34-53(67-64(60)52-28-16-18-30-61(52)74-67)69-70-65(46-22-9-5-10-23-46)68-66(71-69)56-41-48(33-38-62(56)75-68)44-19-7-4-8-20-44/h3-41H,1H2,2H3/b43-39+. The Morgan fingerprint density at radius 1 is 0.480 bits per heavy atom. The molecule has 0 bridgehead atoms. The van der Waals surface area contributed by atoms with E-state index in [9.17, 15) is 0 Å². The van der Waals surface area contributed by atoms with Crippen LogP contribution in [0.15, 0.2) is 246 Å². The van der Waals surface area contributed by atoms with Crippen LogP contribution in [0.2, 0.25) is 0 Å². The molecule has 15 aromatic rings. The number of rotatable bonds is 8. The summed E-state index contributed by atoms with van der Waals surface area (Å²) in [6, 6.07) is 79.0. The summed E-state index contributed by atoms with van der Waals surface area (Å²) in [5, 5.41) is 8.78. The average molecular weight is 961 g/mol. The average Bonchev–Trinajstić information content (AvgIpc) is 4.22. The minimum Gasteiger partial charge on any atom is -0.455 e. The van der Waals surface area contributed by atoms with Crippen molar-refractivity contribution < 1.29 is 8.83 Å². The smallest absolute Gasteiger partial charge is 0.180 e. The molecular weight excluding hydrogens is 917 g/mol. The number of fused-ring (bicyclic) bond motifs is 12. The van der Waals surface area contributed by atoms with E-state index in [2.05, 4.69) is 211 Å². The van der Waals surface area contributed by atoms with Crippen molar-refractivity contribution in [3.05, 3.63) is 254 Å². The summed E-state index contributed by atoms with van der Waals surface area (Å²) < 4.78 is 18.5. The zero-order valence-electron chi connectivity index (χ0n) is 40.8. The Hall–Kier alpha value is -10.0. The van der Waals surface area contributed by atoms with Crippen LogP contribution in [0.3, 0.4) is 0 Å². The van der Waals surface area contributed by atoms with Crippen LogP contribution in [0.25, 0.3) is 144 Å². The minimum atomic E-state index is 0.550. The lowest BCUT2D eigenvalue weighted by atomic mass is 9.98. The maximum absolute atomic E-state index is 7.03. The lowest BCUT2D eigenvalue weighted by Crippen LogP contribution is -1.98. The van der Waals surface area contributed by atoms with Crippen molar-refractivity contribution >= 4 is 99.1 Å². The summed E-state index contributed by atoms with van der Waals surface area (Å²) in [5.74, 6) is 0.550. The number of hydrogen-bond donors (Lipinski definition) is 0. The van der Waals surface area contributed by atoms with Gasteiger partial charge < -0.3 is 18.0 Å². The van der Waals surface area contributed by atoms with Gasteiger partial charge in [0, 0.05) is 49.4 Å². The number of allylic oxidation sites excluding steroid dienone is 2. The number of aromatic nitrogens is 4. The van der Waals surface area contributed by atoms with Gasteiger partial charge in [0.25, 0.3) is 0 Å². The fourth-order valence-corrected chi connectivity index (χ4v) is 11.7. The van der Waals surface area contributed by atoms with Crippen molar-refractivity contribution in [1.29, 1.82) is 0 Å². The number of hydrogen-bond acceptors (Lipinski definition) is 4. The molecule has 0 radical (unpaired) electrons. The SMILES string of the molecule is C=C/C(=C\c1c(C)n(-c2ccccc2)c2ccccc12)c1ccc2c(c1)c1c3ccccc3ccc1n2-c1ccc(-c2nc(-c3ccccc3)c3oc4ccc(-c5ccccc5)cc4c3n2)c2oc3ccccc3c12. The van der Waals surface area contributed by atoms with E-state index < -0.39 is 0 Å². The van der Waals surface area contributed by atoms with Crippen molar-refractivity contribution in [2.24, 2.45) is 0 Å². The highest BCUT2D eigenvalue weighted by Gasteiger charge is 2.26. The molecule has 5 heterocycles. The van der Waals surface area contributed by atoms with Crippen LogP contribution in [-0.2, 0) is 0 Å². The largest absolute Gasteiger partial charge is 0.455 e. The third kappa shape index (κ3) is 6.59. The van der Waals surface area contributed by atoms with E-state index in [1.165, 1.54) is 38.3 Å². The highest BCUT2D eigenvalue weighted by atomic mass is 16.3. The number of para-hydroxylation sites is 3. The normalized spacial score (nSPS) is 12.2. The van der Waals surface area contributed by atoms with Gasteiger partial charge in [-0.3, -0.25) is 0 Å². The molecule has 6 nitrogen and oxygen atoms in total. The van der Waals surface area contributed by atoms with E-state index in [4.69, 9.17) is 18.8 Å². The molecule has 15 rings (SSSR count). The highest BCUT2D eigenvalue weighted by Crippen LogP contribution is 2.46. The first kappa shape index (κ1) is 42.6. The Morgan fingerprint density at radius 2 is 1.15 bits per heavy atom. The lowest BCUT2D eigenvalue weighted by molar-refractivity contribution is 0.666. The minimum absolute atomic E-state index is 0.550. The second kappa shape index (κ2) is 16.8. The summed E-state index contributed by atoms with van der Waals surface area (Å²) in [6.45, 7) is 6.62. The predicted octanol–water partition coefficient (Wildman–Crippen LogP) is 18.5. The first-order valence-corrected chi connectivity index (χ1v) is 25.3. The maximum Gasteiger partial charge on any atom is 0.180 e. The third-order valence-electron chi connectivity index (χ3n) is 15.1. The van der Waals surface area contributed by atoms with Crippen molar-refractivity contribution in [3.8, 4) is 45.1 Å². The molecule has 0 spiro atoms. The van der Waals surface area contributed by atoms with Gasteiger partial charge in [0.1, 0.15) is 28.0 Å². The molecule has 0 unspecified atom stereocenters. The van der Waals surface area contributed by atoms with Crippen LogP contribution in [0.1, 0.15) is 16.8 Å². The van der Waals surface area contributed by atoms with Gasteiger partial charge in [-0.25, -0.2) is 9.97 Å². The van der Waals surface area contributed by atoms with Gasteiger partial charge in [-0.15, -0.1) is 0 Å². The van der Waals surface area contributed by atoms with Crippen LogP contribution in [0.5, 0.6) is 0 Å². The summed E-state index contributed by atoms with van der Waals surface area (Å²) in [5.41, 5.74) is 18.2. The maximum atomic E-state index is 7.03. The topological polar surface area (TPSA) is 61.9 Å². The molecule has 0 saturated heterocycles. The van der Waals surface area contributed by atoms with E-state index in [1.54, 1.807) is 0 Å². The Kier molecular flexibility index (Phi) is 9.53. The molecule has 0 aliphatic rings. The van der Waals surface area contributed by atoms with Crippen LogP contribution in [-0.4, -0.2) is 19.1 Å². The summed E-state index contributed by atoms with van der Waals surface area (Å²) in [6.07, 6.45) is 4.29. The molecular formula is C69H44N4O2. The van der Waals surface area contributed by atoms with Crippen molar-refractivity contribution in [2.45, 2.75) is 6.92 Å². The van der Waals surface area contributed by atoms with Gasteiger partial charge in [-0.1, -0.05) is 170 Å². The Morgan fingerprint density at radius 3 is 1.96 bits per heavy atom. The van der Waals surface area contributed by atoms with Crippen LogP contribution < -0.4 is 0 Å². The van der Waals surface area contributed by atoms with Crippen LogP contribution >= 0.6 is 0 Å². The molecule has 0 amide bonds. The summed E-state index contributed by atoms with van der Waals surface area (Å²) in [4.78, 5) is 10.8. The van der Waals surface area contributed by atoms with Gasteiger partial charge in [-0.05, 0) is 113 Å². The third-order valence-corrected chi connectivity index (χ3v) is 15.1. The van der Waals surface area contributed by atoms with Crippen molar-refractivity contribution in [3.63, 3.8) is 0 Å². The fourth-order valence-electron chi connectivity index (χ4n) is 11.7. The number of benzene rings is 10. The summed E-state index contributed by atoms with van der Waals surface area (Å²) >= 11 is 0. The van der Waals surface area contributed by atoms with Gasteiger partial charge in [-0.2, -0.15) is 0 Å². The van der Waals surface area contributed by atoms with E-state index in [1.807, 2.05) is 48.5 Å². The molecule has 5 aromatic heterocycles. The van der Waals surface area contributed by atoms with Crippen molar-refractivity contribution in [1.82, 2.24) is 19.1 Å². The second-order valence-corrected chi connectivity index (χ2v) is 19.3. The first-order chi connectivity index (χ1) is 37.1. The quantitative estimate of drug-likeness (QED) is 0.142. The predicted molar refractivity (Wildman–Crippen MR) is 311 cm³/mol. The molecule has 0 atom stereocenters. The Bertz CT molecular complexity index is 4840. The van der Waals surface area contributed by atoms with Crippen molar-refractivity contribution in [2.75, 3.05) is 0 Å². The number of nitrogens with zero attached hydrogens (tertiary/aromatic N) is 4. The van der Waals surface area contributed by atoms with Crippen LogP contribution in [0.4, 0.5) is 0 Å². The molecule has 0 aliphatic carbocycles. The number of furan rings is 2. The molecule has 0 aliphatic heterocycles. The molecule has 10 aromatic carbocycles. The molecule has 6 heteroatoms. The first-order valence-electron chi connectivity index (χ1n) is 25.3. The van der Waals surface area contributed by atoms with Gasteiger partial charge in [0.05, 0.1) is 33.2 Å². The Balaban J connectivity index is 0.964. The van der Waals surface area contributed by atoms with Gasteiger partial charge in [0.2, 0.25) is 0 Å². The second-order valence-electron chi connectivity index (χ2n) is 19.3. The van der Waals surface area contributed by atoms with Gasteiger partial charge >= 0.3 is 0 Å². The van der Waals surface area contributed by atoms with Gasteiger partial charge in [0.15, 0.2) is 11.4 Å². The van der Waals surface area contributed by atoms with E-state index in [0.717, 1.165) is 99.7 Å². The zero-order valence-corrected chi connectivity index (χ0v) is 40.8. The van der Waals surface area contributed by atoms with E-state index in [-0.39, 0.29) is 0 Å². The fraction of sp³-hybridized carbons (Fsp3) is 0.0145. The van der Waals surface area contributed by atoms with E-state index >= 15 is 0 Å². The summed E-state index contributed by atoms with van der Waals surface area (Å²) in [7, 11) is 0. The van der Waals surface area contributed by atoms with E-state index in [0.29, 0.717) is 17.0 Å². The molecule has 75 heavy (non-hydrogen) atoms. The highest BCUT2D eigenvalue weighted by molar-refractivity contribution is 6.24. The molecule has 0 saturated carbocycles. The van der Waals surface area contributed by atoms with Crippen LogP contribution in [0, 0.1) is 6.92 Å². The molecule has 0 fully saturated rings. The zero-order chi connectivity index (χ0) is 49.7.